The molecule has 0 atom stereocenters. The average molecular weight is 382 g/mol. The van der Waals surface area contributed by atoms with Crippen LogP contribution in [0.25, 0.3) is 0 Å². The van der Waals surface area contributed by atoms with Gasteiger partial charge in [0.25, 0.3) is 0 Å². The van der Waals surface area contributed by atoms with Gasteiger partial charge in [-0.1, -0.05) is 124 Å². The van der Waals surface area contributed by atoms with Crippen molar-refractivity contribution < 1.29 is 9.53 Å². The van der Waals surface area contributed by atoms with Crippen LogP contribution in [0.5, 0.6) is 0 Å². The zero-order valence-electron chi connectivity index (χ0n) is 18.7. The molecule has 0 fully saturated rings. The number of hydrogen-bond donors (Lipinski definition) is 0. The minimum Gasteiger partial charge on any atom is -0.465 e. The van der Waals surface area contributed by atoms with Crippen LogP contribution in [0.1, 0.15) is 136 Å². The summed E-state index contributed by atoms with van der Waals surface area (Å²) in [6.45, 7) is 9.00. The molecule has 0 rings (SSSR count). The maximum absolute atomic E-state index is 12.5. The topological polar surface area (TPSA) is 26.3 Å². The van der Waals surface area contributed by atoms with Crippen molar-refractivity contribution >= 4 is 5.97 Å². The van der Waals surface area contributed by atoms with Crippen molar-refractivity contribution in [2.75, 3.05) is 6.61 Å². The van der Waals surface area contributed by atoms with Gasteiger partial charge in [-0.25, -0.2) is 0 Å². The monoisotopic (exact) mass is 381 g/mol. The van der Waals surface area contributed by atoms with Crippen LogP contribution in [0.2, 0.25) is 0 Å². The van der Waals surface area contributed by atoms with Gasteiger partial charge in [0.2, 0.25) is 0 Å². The van der Waals surface area contributed by atoms with Gasteiger partial charge >= 0.3 is 5.97 Å². The molecule has 161 valence electrons. The number of carbonyl (C=O) groups excluding carboxylic acids is 1. The van der Waals surface area contributed by atoms with Crippen LogP contribution < -0.4 is 0 Å². The van der Waals surface area contributed by atoms with E-state index in [4.69, 9.17) is 4.74 Å². The number of esters is 1. The van der Waals surface area contributed by atoms with Gasteiger partial charge < -0.3 is 4.74 Å². The summed E-state index contributed by atoms with van der Waals surface area (Å²) < 4.78 is 5.62. The van der Waals surface area contributed by atoms with Crippen molar-refractivity contribution in [2.45, 2.75) is 136 Å². The van der Waals surface area contributed by atoms with E-state index in [0.717, 1.165) is 32.1 Å². The summed E-state index contributed by atoms with van der Waals surface area (Å²) in [7, 11) is 0. The van der Waals surface area contributed by atoms with E-state index < -0.39 is 0 Å². The molecule has 0 saturated heterocycles. The molecule has 27 heavy (non-hydrogen) atoms. The smallest absolute Gasteiger partial charge is 0.308 e. The lowest BCUT2D eigenvalue weighted by Crippen LogP contribution is -2.18. The van der Waals surface area contributed by atoms with Crippen LogP contribution in [0, 0.1) is 12.8 Å². The summed E-state index contributed by atoms with van der Waals surface area (Å²) in [5.41, 5.74) is 0. The molecule has 0 aromatic heterocycles. The Morgan fingerprint density at radius 3 is 1.63 bits per heavy atom. The fourth-order valence-corrected chi connectivity index (χ4v) is 3.65. The van der Waals surface area contributed by atoms with E-state index >= 15 is 0 Å². The highest BCUT2D eigenvalue weighted by molar-refractivity contribution is 5.72. The number of ether oxygens (including phenoxy) is 1. The zero-order valence-corrected chi connectivity index (χ0v) is 18.7. The fraction of sp³-hybridized carbons (Fsp3) is 0.920. The van der Waals surface area contributed by atoms with Crippen molar-refractivity contribution in [3.8, 4) is 0 Å². The highest BCUT2D eigenvalue weighted by atomic mass is 16.5. The molecule has 0 N–H and O–H groups in total. The summed E-state index contributed by atoms with van der Waals surface area (Å²) >= 11 is 0. The van der Waals surface area contributed by atoms with Gasteiger partial charge in [0.05, 0.1) is 12.5 Å². The molecular formula is C25H49O2. The van der Waals surface area contributed by atoms with Crippen molar-refractivity contribution in [3.63, 3.8) is 0 Å². The van der Waals surface area contributed by atoms with Crippen LogP contribution >= 0.6 is 0 Å². The number of unbranched alkanes of at least 4 members (excludes halogenated alkanes) is 14. The first-order chi connectivity index (χ1) is 13.3. The molecule has 0 bridgehead atoms. The predicted octanol–water partition coefficient (Wildman–Crippen LogP) is 8.43. The van der Waals surface area contributed by atoms with E-state index in [9.17, 15) is 4.79 Å². The maximum Gasteiger partial charge on any atom is 0.308 e. The minimum atomic E-state index is 0.0780. The van der Waals surface area contributed by atoms with E-state index in [2.05, 4.69) is 20.8 Å². The highest BCUT2D eigenvalue weighted by Crippen LogP contribution is 2.21. The second kappa shape index (κ2) is 21.8. The molecule has 1 radical (unpaired) electrons. The highest BCUT2D eigenvalue weighted by Gasteiger charge is 2.19. The number of rotatable bonds is 21. The molecule has 0 aliphatic rings. The molecular weight excluding hydrogens is 332 g/mol. The Balaban J connectivity index is 4.02. The summed E-state index contributed by atoms with van der Waals surface area (Å²) in [5.74, 6) is 0.219. The lowest BCUT2D eigenvalue weighted by Gasteiger charge is -2.16. The lowest BCUT2D eigenvalue weighted by molar-refractivity contribution is -0.149. The normalized spacial score (nSPS) is 11.3. The Kier molecular flexibility index (Phi) is 21.3. The second-order valence-electron chi connectivity index (χ2n) is 8.25. The van der Waals surface area contributed by atoms with Gasteiger partial charge in [-0.2, -0.15) is 0 Å². The SMILES string of the molecule is [CH2]CCCCCCOC(=O)C(CCCCCCCC)CCCCCCCC. The Hall–Kier alpha value is -0.530. The molecule has 0 amide bonds. The molecule has 0 aromatic rings. The Bertz CT molecular complexity index is 285. The second-order valence-corrected chi connectivity index (χ2v) is 8.25. The van der Waals surface area contributed by atoms with Gasteiger partial charge in [-0.15, -0.1) is 0 Å². The van der Waals surface area contributed by atoms with E-state index in [1.165, 1.54) is 89.9 Å². The van der Waals surface area contributed by atoms with Gasteiger partial charge in [-0.05, 0) is 19.3 Å². The Labute approximate surface area is 171 Å². The third kappa shape index (κ3) is 18.6. The standard InChI is InChI=1S/C25H49O2/c1-4-7-10-13-15-18-21-24(22-19-16-14-11-8-5-2)25(26)27-23-20-17-12-9-6-3/h24H,3-23H2,1-2H3. The first kappa shape index (κ1) is 26.5. The predicted molar refractivity (Wildman–Crippen MR) is 119 cm³/mol. The molecule has 0 aliphatic heterocycles. The molecule has 0 saturated carbocycles. The van der Waals surface area contributed by atoms with Gasteiger partial charge in [-0.3, -0.25) is 4.79 Å². The first-order valence-electron chi connectivity index (χ1n) is 12.2. The van der Waals surface area contributed by atoms with Crippen LogP contribution in [0.3, 0.4) is 0 Å². The lowest BCUT2D eigenvalue weighted by atomic mass is 9.94. The van der Waals surface area contributed by atoms with Crippen molar-refractivity contribution in [2.24, 2.45) is 5.92 Å². The minimum absolute atomic E-state index is 0.0780. The molecule has 0 heterocycles. The van der Waals surface area contributed by atoms with Gasteiger partial charge in [0.1, 0.15) is 0 Å². The Morgan fingerprint density at radius 2 is 1.11 bits per heavy atom. The number of carbonyl (C=O) groups is 1. The largest absolute Gasteiger partial charge is 0.465 e. The zero-order chi connectivity index (χ0) is 20.0. The summed E-state index contributed by atoms with van der Waals surface area (Å²) in [5, 5.41) is 0. The van der Waals surface area contributed by atoms with Crippen LogP contribution in [-0.4, -0.2) is 12.6 Å². The van der Waals surface area contributed by atoms with Crippen LogP contribution in [-0.2, 0) is 9.53 Å². The number of hydrogen-bond acceptors (Lipinski definition) is 2. The summed E-state index contributed by atoms with van der Waals surface area (Å²) in [6, 6.07) is 0. The summed E-state index contributed by atoms with van der Waals surface area (Å²) in [4.78, 5) is 12.5. The van der Waals surface area contributed by atoms with Crippen molar-refractivity contribution in [1.82, 2.24) is 0 Å². The van der Waals surface area contributed by atoms with E-state index in [0.29, 0.717) is 6.61 Å². The van der Waals surface area contributed by atoms with E-state index in [1.807, 2.05) is 0 Å². The van der Waals surface area contributed by atoms with Gasteiger partial charge in [0, 0.05) is 0 Å². The van der Waals surface area contributed by atoms with Crippen molar-refractivity contribution in [3.05, 3.63) is 6.92 Å². The average Bonchev–Trinajstić information content (AvgIpc) is 2.68. The van der Waals surface area contributed by atoms with E-state index in [-0.39, 0.29) is 11.9 Å². The van der Waals surface area contributed by atoms with Crippen molar-refractivity contribution in [1.29, 1.82) is 0 Å². The molecule has 2 heteroatoms. The molecule has 0 spiro atoms. The van der Waals surface area contributed by atoms with Crippen LogP contribution in [0.4, 0.5) is 0 Å². The van der Waals surface area contributed by atoms with Crippen LogP contribution in [0.15, 0.2) is 0 Å². The third-order valence-corrected chi connectivity index (χ3v) is 5.53. The molecule has 0 aromatic carbocycles. The van der Waals surface area contributed by atoms with Gasteiger partial charge in [0.15, 0.2) is 0 Å². The fourth-order valence-electron chi connectivity index (χ4n) is 3.65. The molecule has 0 aliphatic carbocycles. The maximum atomic E-state index is 12.5. The first-order valence-corrected chi connectivity index (χ1v) is 12.2. The summed E-state index contributed by atoms with van der Waals surface area (Å²) in [6.07, 6.45) is 23.1. The van der Waals surface area contributed by atoms with E-state index in [1.54, 1.807) is 0 Å². The Morgan fingerprint density at radius 1 is 0.667 bits per heavy atom. The molecule has 2 nitrogen and oxygen atoms in total. The third-order valence-electron chi connectivity index (χ3n) is 5.53. The quantitative estimate of drug-likeness (QED) is 0.147. The molecule has 0 unspecified atom stereocenters.